The Morgan fingerprint density at radius 3 is 2.39 bits per heavy atom. The number of benzene rings is 2. The van der Waals surface area contributed by atoms with Gasteiger partial charge in [0.15, 0.2) is 6.61 Å². The zero-order valence-corrected chi connectivity index (χ0v) is 18.6. The van der Waals surface area contributed by atoms with Crippen molar-refractivity contribution in [2.75, 3.05) is 13.2 Å². The Bertz CT molecular complexity index is 939. The topological polar surface area (TPSA) is 109 Å². The zero-order chi connectivity index (χ0) is 23.3. The first kappa shape index (κ1) is 24.0. The summed E-state index contributed by atoms with van der Waals surface area (Å²) < 4.78 is 5.53. The van der Waals surface area contributed by atoms with Crippen molar-refractivity contribution >= 4 is 23.9 Å². The molecule has 0 bridgehead atoms. The molecule has 0 spiro atoms. The van der Waals surface area contributed by atoms with E-state index in [0.29, 0.717) is 24.3 Å². The van der Waals surface area contributed by atoms with Crippen LogP contribution in [0.15, 0.2) is 59.7 Å². The molecular formula is C25H30N4O4. The molecule has 174 valence electrons. The maximum atomic E-state index is 12.0. The van der Waals surface area contributed by atoms with Gasteiger partial charge in [0.2, 0.25) is 0 Å². The average molecular weight is 451 g/mol. The molecule has 0 heterocycles. The van der Waals surface area contributed by atoms with Gasteiger partial charge in [0.05, 0.1) is 6.21 Å². The number of carbonyl (C=O) groups is 3. The third-order valence-corrected chi connectivity index (χ3v) is 5.35. The van der Waals surface area contributed by atoms with Crippen molar-refractivity contribution in [2.45, 2.75) is 44.6 Å². The van der Waals surface area contributed by atoms with Crippen LogP contribution >= 0.6 is 0 Å². The summed E-state index contributed by atoms with van der Waals surface area (Å²) >= 11 is 0. The molecular weight excluding hydrogens is 420 g/mol. The SMILES string of the molecule is O=C(COc1ccc(/C=N\NC(=O)C(=O)NCCc2ccccc2)cc1)NC1CCCCC1. The minimum atomic E-state index is -0.830. The Morgan fingerprint density at radius 2 is 1.67 bits per heavy atom. The summed E-state index contributed by atoms with van der Waals surface area (Å²) in [5, 5.41) is 9.38. The van der Waals surface area contributed by atoms with E-state index >= 15 is 0 Å². The summed E-state index contributed by atoms with van der Waals surface area (Å²) in [4.78, 5) is 35.7. The smallest absolute Gasteiger partial charge is 0.329 e. The van der Waals surface area contributed by atoms with Gasteiger partial charge in [-0.05, 0) is 54.7 Å². The van der Waals surface area contributed by atoms with Gasteiger partial charge in [-0.1, -0.05) is 49.6 Å². The highest BCUT2D eigenvalue weighted by Crippen LogP contribution is 2.17. The second-order valence-corrected chi connectivity index (χ2v) is 7.95. The first-order valence-electron chi connectivity index (χ1n) is 11.3. The summed E-state index contributed by atoms with van der Waals surface area (Å²) in [6, 6.07) is 16.9. The predicted molar refractivity (Wildman–Crippen MR) is 126 cm³/mol. The van der Waals surface area contributed by atoms with Gasteiger partial charge in [-0.15, -0.1) is 0 Å². The lowest BCUT2D eigenvalue weighted by Crippen LogP contribution is -2.38. The zero-order valence-electron chi connectivity index (χ0n) is 18.6. The normalized spacial score (nSPS) is 13.9. The standard InChI is InChI=1S/C25H30N4O4/c30-23(28-21-9-5-2-6-10-21)18-33-22-13-11-20(12-14-22)17-27-29-25(32)24(31)26-16-15-19-7-3-1-4-8-19/h1,3-4,7-8,11-14,17,21H,2,5-6,9-10,15-16,18H2,(H,26,31)(H,28,30)(H,29,32)/b27-17-. The van der Waals surface area contributed by atoms with Crippen LogP contribution in [0.2, 0.25) is 0 Å². The van der Waals surface area contributed by atoms with Crippen molar-refractivity contribution in [1.82, 2.24) is 16.1 Å². The van der Waals surface area contributed by atoms with E-state index in [1.807, 2.05) is 30.3 Å². The number of hydrogen-bond acceptors (Lipinski definition) is 5. The predicted octanol–water partition coefficient (Wildman–Crippen LogP) is 2.32. The second-order valence-electron chi connectivity index (χ2n) is 7.95. The molecule has 33 heavy (non-hydrogen) atoms. The van der Waals surface area contributed by atoms with Gasteiger partial charge in [-0.3, -0.25) is 14.4 Å². The molecule has 1 saturated carbocycles. The van der Waals surface area contributed by atoms with E-state index in [1.54, 1.807) is 24.3 Å². The summed E-state index contributed by atoms with van der Waals surface area (Å²) in [6.07, 6.45) is 7.69. The summed E-state index contributed by atoms with van der Waals surface area (Å²) in [5.41, 5.74) is 3.99. The Hall–Kier alpha value is -3.68. The van der Waals surface area contributed by atoms with E-state index in [9.17, 15) is 14.4 Å². The van der Waals surface area contributed by atoms with E-state index in [-0.39, 0.29) is 18.6 Å². The molecule has 0 atom stereocenters. The van der Waals surface area contributed by atoms with Crippen LogP contribution in [0.25, 0.3) is 0 Å². The Balaban J connectivity index is 1.33. The van der Waals surface area contributed by atoms with E-state index in [0.717, 1.165) is 31.2 Å². The van der Waals surface area contributed by atoms with Crippen LogP contribution in [-0.4, -0.2) is 43.1 Å². The summed E-state index contributed by atoms with van der Waals surface area (Å²) in [6.45, 7) is 0.333. The lowest BCUT2D eigenvalue weighted by atomic mass is 9.95. The van der Waals surface area contributed by atoms with E-state index < -0.39 is 11.8 Å². The molecule has 0 radical (unpaired) electrons. The van der Waals surface area contributed by atoms with Crippen LogP contribution in [0.4, 0.5) is 0 Å². The number of nitrogens with one attached hydrogen (secondary N) is 3. The molecule has 8 nitrogen and oxygen atoms in total. The molecule has 1 fully saturated rings. The van der Waals surface area contributed by atoms with Crippen molar-refractivity contribution in [1.29, 1.82) is 0 Å². The molecule has 2 aromatic carbocycles. The fourth-order valence-electron chi connectivity index (χ4n) is 3.58. The molecule has 0 saturated heterocycles. The molecule has 2 aromatic rings. The van der Waals surface area contributed by atoms with Gasteiger partial charge in [-0.25, -0.2) is 5.43 Å². The minimum absolute atomic E-state index is 0.0284. The van der Waals surface area contributed by atoms with E-state index in [4.69, 9.17) is 4.74 Å². The number of carbonyl (C=O) groups excluding carboxylic acids is 3. The van der Waals surface area contributed by atoms with Gasteiger partial charge < -0.3 is 15.4 Å². The Labute approximate surface area is 193 Å². The van der Waals surface area contributed by atoms with Crippen molar-refractivity contribution in [3.8, 4) is 5.75 Å². The molecule has 0 aromatic heterocycles. The minimum Gasteiger partial charge on any atom is -0.484 e. The molecule has 3 N–H and O–H groups in total. The number of amides is 3. The summed E-state index contributed by atoms with van der Waals surface area (Å²) in [7, 11) is 0. The van der Waals surface area contributed by atoms with Crippen LogP contribution in [0, 0.1) is 0 Å². The first-order valence-corrected chi connectivity index (χ1v) is 11.3. The Kier molecular flexibility index (Phi) is 9.45. The lowest BCUT2D eigenvalue weighted by Gasteiger charge is -2.22. The number of nitrogens with zero attached hydrogens (tertiary/aromatic N) is 1. The van der Waals surface area contributed by atoms with Gasteiger partial charge in [0, 0.05) is 12.6 Å². The van der Waals surface area contributed by atoms with Crippen LogP contribution in [0.3, 0.4) is 0 Å². The highest BCUT2D eigenvalue weighted by atomic mass is 16.5. The fourth-order valence-corrected chi connectivity index (χ4v) is 3.58. The van der Waals surface area contributed by atoms with Crippen LogP contribution in [0.5, 0.6) is 5.75 Å². The Morgan fingerprint density at radius 1 is 0.939 bits per heavy atom. The van der Waals surface area contributed by atoms with E-state index in [1.165, 1.54) is 12.6 Å². The number of hydrazone groups is 1. The van der Waals surface area contributed by atoms with Gasteiger partial charge in [0.1, 0.15) is 5.75 Å². The van der Waals surface area contributed by atoms with Gasteiger partial charge in [0.25, 0.3) is 5.91 Å². The molecule has 1 aliphatic rings. The molecule has 0 aliphatic heterocycles. The van der Waals surface area contributed by atoms with Crippen molar-refractivity contribution in [3.05, 3.63) is 65.7 Å². The molecule has 3 amide bonds. The van der Waals surface area contributed by atoms with Gasteiger partial charge in [-0.2, -0.15) is 5.10 Å². The fraction of sp³-hybridized carbons (Fsp3) is 0.360. The molecule has 8 heteroatoms. The van der Waals surface area contributed by atoms with Crippen LogP contribution < -0.4 is 20.8 Å². The summed E-state index contributed by atoms with van der Waals surface area (Å²) in [5.74, 6) is -1.12. The lowest BCUT2D eigenvalue weighted by molar-refractivity contribution is -0.139. The largest absolute Gasteiger partial charge is 0.484 e. The maximum absolute atomic E-state index is 12.0. The van der Waals surface area contributed by atoms with Crippen molar-refractivity contribution < 1.29 is 19.1 Å². The third kappa shape index (κ3) is 8.76. The monoisotopic (exact) mass is 450 g/mol. The van der Waals surface area contributed by atoms with Crippen LogP contribution in [0.1, 0.15) is 43.2 Å². The second kappa shape index (κ2) is 13.0. The van der Waals surface area contributed by atoms with E-state index in [2.05, 4.69) is 21.2 Å². The first-order chi connectivity index (χ1) is 16.1. The highest BCUT2D eigenvalue weighted by molar-refractivity contribution is 6.35. The molecule has 1 aliphatic carbocycles. The van der Waals surface area contributed by atoms with Crippen LogP contribution in [-0.2, 0) is 20.8 Å². The number of hydrogen-bond donors (Lipinski definition) is 3. The maximum Gasteiger partial charge on any atom is 0.329 e. The highest BCUT2D eigenvalue weighted by Gasteiger charge is 2.15. The molecule has 0 unspecified atom stereocenters. The van der Waals surface area contributed by atoms with Crippen molar-refractivity contribution in [2.24, 2.45) is 5.10 Å². The number of rotatable bonds is 9. The third-order valence-electron chi connectivity index (χ3n) is 5.35. The quantitative estimate of drug-likeness (QED) is 0.309. The average Bonchev–Trinajstić information content (AvgIpc) is 2.84. The van der Waals surface area contributed by atoms with Crippen molar-refractivity contribution in [3.63, 3.8) is 0 Å². The molecule has 3 rings (SSSR count). The van der Waals surface area contributed by atoms with Gasteiger partial charge >= 0.3 is 11.8 Å². The number of ether oxygens (including phenoxy) is 1.